The molecular weight excluding hydrogens is 284 g/mol. The Morgan fingerprint density at radius 2 is 2.06 bits per heavy atom. The minimum atomic E-state index is -0.915. The van der Waals surface area contributed by atoms with E-state index in [1.807, 2.05) is 13.0 Å². The van der Waals surface area contributed by atoms with Crippen LogP contribution in [0.2, 0.25) is 0 Å². The van der Waals surface area contributed by atoms with Crippen molar-refractivity contribution in [2.45, 2.75) is 31.5 Å². The molecule has 1 rings (SSSR count). The van der Waals surface area contributed by atoms with Crippen molar-refractivity contribution >= 4 is 27.7 Å². The number of Topliss-reactive ketones (excluding diaryl/α,β-unsaturated/α-hetero) is 1. The molecule has 1 unspecified atom stereocenters. The van der Waals surface area contributed by atoms with E-state index < -0.39 is 5.97 Å². The molecule has 0 amide bonds. The minimum absolute atomic E-state index is 0.0726. The highest BCUT2D eigenvalue weighted by Gasteiger charge is 2.19. The molecule has 1 aromatic carbocycles. The molecule has 1 atom stereocenters. The molecule has 1 aromatic rings. The van der Waals surface area contributed by atoms with Crippen molar-refractivity contribution in [2.75, 3.05) is 0 Å². The summed E-state index contributed by atoms with van der Waals surface area (Å²) in [7, 11) is 0. The molecule has 0 saturated carbocycles. The van der Waals surface area contributed by atoms with Crippen molar-refractivity contribution < 1.29 is 14.7 Å². The number of rotatable bonds is 5. The Labute approximate surface area is 109 Å². The van der Waals surface area contributed by atoms with Gasteiger partial charge in [0.25, 0.3) is 0 Å². The molecule has 0 aliphatic heterocycles. The number of ketones is 1. The van der Waals surface area contributed by atoms with Crippen LogP contribution in [-0.4, -0.2) is 21.7 Å². The number of alkyl halides is 1. The van der Waals surface area contributed by atoms with E-state index in [1.54, 1.807) is 19.1 Å². The molecule has 4 heteroatoms. The zero-order valence-electron chi connectivity index (χ0n) is 9.87. The summed E-state index contributed by atoms with van der Waals surface area (Å²) in [6.45, 7) is 3.69. The molecule has 0 aliphatic carbocycles. The smallest absolute Gasteiger partial charge is 0.307 e. The van der Waals surface area contributed by atoms with Gasteiger partial charge in [-0.15, -0.1) is 0 Å². The van der Waals surface area contributed by atoms with Gasteiger partial charge in [0, 0.05) is 5.56 Å². The van der Waals surface area contributed by atoms with E-state index in [2.05, 4.69) is 15.9 Å². The highest BCUT2D eigenvalue weighted by atomic mass is 79.9. The van der Waals surface area contributed by atoms with Crippen molar-refractivity contribution in [3.8, 4) is 0 Å². The number of carboxylic acid groups (broad SMARTS) is 1. The quantitative estimate of drug-likeness (QED) is 0.672. The second-order valence-corrected chi connectivity index (χ2v) is 5.22. The van der Waals surface area contributed by atoms with Gasteiger partial charge in [0.05, 0.1) is 11.2 Å². The average Bonchev–Trinajstić information content (AvgIpc) is 2.27. The fourth-order valence-corrected chi connectivity index (χ4v) is 2.02. The van der Waals surface area contributed by atoms with Crippen LogP contribution in [-0.2, 0) is 17.6 Å². The van der Waals surface area contributed by atoms with Crippen LogP contribution >= 0.6 is 15.9 Å². The Morgan fingerprint density at radius 1 is 1.41 bits per heavy atom. The summed E-state index contributed by atoms with van der Waals surface area (Å²) >= 11 is 3.23. The third kappa shape index (κ3) is 3.40. The fourth-order valence-electron chi connectivity index (χ4n) is 1.77. The lowest BCUT2D eigenvalue weighted by Gasteiger charge is -2.12. The maximum Gasteiger partial charge on any atom is 0.307 e. The van der Waals surface area contributed by atoms with Crippen LogP contribution in [0.15, 0.2) is 18.2 Å². The third-order valence-corrected chi connectivity index (χ3v) is 3.02. The first-order valence-corrected chi connectivity index (χ1v) is 6.39. The highest BCUT2D eigenvalue weighted by Crippen LogP contribution is 2.20. The van der Waals surface area contributed by atoms with Crippen LogP contribution in [0, 0.1) is 0 Å². The van der Waals surface area contributed by atoms with Crippen molar-refractivity contribution in [1.82, 2.24) is 0 Å². The lowest BCUT2D eigenvalue weighted by atomic mass is 9.93. The molecule has 0 fully saturated rings. The van der Waals surface area contributed by atoms with Crippen LogP contribution < -0.4 is 0 Å². The van der Waals surface area contributed by atoms with Gasteiger partial charge in [-0.3, -0.25) is 9.59 Å². The number of hydrogen-bond acceptors (Lipinski definition) is 2. The average molecular weight is 299 g/mol. The molecule has 0 heterocycles. The Bertz CT molecular complexity index is 438. The van der Waals surface area contributed by atoms with Crippen LogP contribution in [0.3, 0.4) is 0 Å². The largest absolute Gasteiger partial charge is 0.481 e. The van der Waals surface area contributed by atoms with Gasteiger partial charge in [-0.1, -0.05) is 41.1 Å². The summed E-state index contributed by atoms with van der Waals surface area (Å²) in [5, 5.41) is 8.91. The highest BCUT2D eigenvalue weighted by molar-refractivity contribution is 9.10. The molecule has 1 N–H and O–H groups in total. The Balaban J connectivity index is 3.28. The van der Waals surface area contributed by atoms with Crippen LogP contribution in [0.5, 0.6) is 0 Å². The predicted octanol–water partition coefficient (Wildman–Crippen LogP) is 2.84. The van der Waals surface area contributed by atoms with Crippen molar-refractivity contribution in [1.29, 1.82) is 0 Å². The number of benzene rings is 1. The van der Waals surface area contributed by atoms with E-state index in [9.17, 15) is 9.59 Å². The van der Waals surface area contributed by atoms with Gasteiger partial charge in [0.2, 0.25) is 0 Å². The number of hydrogen-bond donors (Lipinski definition) is 1. The first-order chi connectivity index (χ1) is 7.97. The minimum Gasteiger partial charge on any atom is -0.481 e. The van der Waals surface area contributed by atoms with E-state index in [4.69, 9.17) is 5.11 Å². The van der Waals surface area contributed by atoms with Gasteiger partial charge in [-0.25, -0.2) is 0 Å². The SMILES string of the molecule is CCc1cccc(C(=O)C(C)Br)c1CC(=O)O. The number of carboxylic acids is 1. The van der Waals surface area contributed by atoms with Gasteiger partial charge in [0.15, 0.2) is 5.78 Å². The Morgan fingerprint density at radius 3 is 2.53 bits per heavy atom. The zero-order chi connectivity index (χ0) is 13.0. The predicted molar refractivity (Wildman–Crippen MR) is 69.9 cm³/mol. The van der Waals surface area contributed by atoms with E-state index in [0.29, 0.717) is 11.1 Å². The molecule has 17 heavy (non-hydrogen) atoms. The third-order valence-electron chi connectivity index (χ3n) is 2.61. The van der Waals surface area contributed by atoms with Gasteiger partial charge >= 0.3 is 5.97 Å². The van der Waals surface area contributed by atoms with E-state index in [1.165, 1.54) is 0 Å². The van der Waals surface area contributed by atoms with Crippen LogP contribution in [0.25, 0.3) is 0 Å². The second-order valence-electron chi connectivity index (χ2n) is 3.85. The first kappa shape index (κ1) is 13.9. The molecular formula is C13H15BrO3. The van der Waals surface area contributed by atoms with E-state index >= 15 is 0 Å². The maximum atomic E-state index is 12.0. The van der Waals surface area contributed by atoms with Gasteiger partial charge in [0.1, 0.15) is 0 Å². The van der Waals surface area contributed by atoms with Crippen LogP contribution in [0.4, 0.5) is 0 Å². The van der Waals surface area contributed by atoms with Gasteiger partial charge in [-0.05, 0) is 24.5 Å². The normalized spacial score (nSPS) is 12.2. The summed E-state index contributed by atoms with van der Waals surface area (Å²) in [4.78, 5) is 22.5. The zero-order valence-corrected chi connectivity index (χ0v) is 11.5. The van der Waals surface area contributed by atoms with Gasteiger partial charge in [-0.2, -0.15) is 0 Å². The standard InChI is InChI=1S/C13H15BrO3/c1-3-9-5-4-6-10(13(17)8(2)14)11(9)7-12(15)16/h4-6,8H,3,7H2,1-2H3,(H,15,16). The summed E-state index contributed by atoms with van der Waals surface area (Å²) in [6.07, 6.45) is 0.616. The van der Waals surface area contributed by atoms with Crippen molar-refractivity contribution in [2.24, 2.45) is 0 Å². The Hall–Kier alpha value is -1.16. The summed E-state index contributed by atoms with van der Waals surface area (Å²) < 4.78 is 0. The van der Waals surface area contributed by atoms with Crippen LogP contribution in [0.1, 0.15) is 35.3 Å². The monoisotopic (exact) mass is 298 g/mol. The lowest BCUT2D eigenvalue weighted by molar-refractivity contribution is -0.136. The number of carbonyl (C=O) groups is 2. The van der Waals surface area contributed by atoms with E-state index in [0.717, 1.165) is 12.0 Å². The van der Waals surface area contributed by atoms with Gasteiger partial charge < -0.3 is 5.11 Å². The van der Waals surface area contributed by atoms with E-state index in [-0.39, 0.29) is 17.0 Å². The first-order valence-electron chi connectivity index (χ1n) is 5.48. The Kier molecular flexibility index (Phi) is 4.87. The molecule has 0 spiro atoms. The summed E-state index contributed by atoms with van der Waals surface area (Å²) in [6, 6.07) is 5.36. The fraction of sp³-hybridized carbons (Fsp3) is 0.385. The summed E-state index contributed by atoms with van der Waals surface area (Å²) in [5.41, 5.74) is 2.07. The topological polar surface area (TPSA) is 54.4 Å². The number of carbonyl (C=O) groups excluding carboxylic acids is 1. The van der Waals surface area contributed by atoms with Crippen molar-refractivity contribution in [3.05, 3.63) is 34.9 Å². The molecule has 92 valence electrons. The molecule has 3 nitrogen and oxygen atoms in total. The molecule has 0 radical (unpaired) electrons. The molecule has 0 bridgehead atoms. The molecule has 0 aliphatic rings. The lowest BCUT2D eigenvalue weighted by Crippen LogP contribution is -2.16. The number of halogens is 1. The number of aliphatic carboxylic acids is 1. The molecule has 0 saturated heterocycles. The summed E-state index contributed by atoms with van der Waals surface area (Å²) in [5.74, 6) is -0.987. The maximum absolute atomic E-state index is 12.0. The second kappa shape index (κ2) is 5.96. The van der Waals surface area contributed by atoms with Crippen molar-refractivity contribution in [3.63, 3.8) is 0 Å². The molecule has 0 aromatic heterocycles. The number of aryl methyl sites for hydroxylation is 1.